The van der Waals surface area contributed by atoms with Crippen molar-refractivity contribution >= 4 is 28.7 Å². The van der Waals surface area contributed by atoms with E-state index < -0.39 is 12.1 Å². The van der Waals surface area contributed by atoms with Crippen LogP contribution in [-0.2, 0) is 21.3 Å². The zero-order valence-electron chi connectivity index (χ0n) is 21.4. The van der Waals surface area contributed by atoms with E-state index in [9.17, 15) is 9.59 Å². The summed E-state index contributed by atoms with van der Waals surface area (Å²) in [6, 6.07) is 3.32. The van der Waals surface area contributed by atoms with Gasteiger partial charge in [-0.1, -0.05) is 6.92 Å². The van der Waals surface area contributed by atoms with Gasteiger partial charge in [-0.15, -0.1) is 0 Å². The van der Waals surface area contributed by atoms with Gasteiger partial charge in [0.05, 0.1) is 32.6 Å². The van der Waals surface area contributed by atoms with E-state index in [1.165, 1.54) is 0 Å². The third-order valence-electron chi connectivity index (χ3n) is 6.33. The number of rotatable bonds is 8. The number of hydrogen-bond acceptors (Lipinski definition) is 8. The third kappa shape index (κ3) is 4.90. The van der Waals surface area contributed by atoms with Crippen molar-refractivity contribution in [1.82, 2.24) is 9.78 Å². The molecule has 3 aromatic rings. The Morgan fingerprint density at radius 2 is 1.97 bits per heavy atom. The molecule has 10 nitrogen and oxygen atoms in total. The highest BCUT2D eigenvalue weighted by molar-refractivity contribution is 6.11. The van der Waals surface area contributed by atoms with E-state index in [2.05, 4.69) is 5.10 Å². The fourth-order valence-electron chi connectivity index (χ4n) is 4.64. The summed E-state index contributed by atoms with van der Waals surface area (Å²) in [5, 5.41) is 4.85. The van der Waals surface area contributed by atoms with Crippen LogP contribution in [0.3, 0.4) is 0 Å². The Morgan fingerprint density at radius 1 is 1.19 bits per heavy atom. The normalized spacial score (nSPS) is 17.7. The van der Waals surface area contributed by atoms with Gasteiger partial charge < -0.3 is 23.4 Å². The molecular weight excluding hydrogens is 466 g/mol. The van der Waals surface area contributed by atoms with Crippen LogP contribution in [0.4, 0.5) is 10.5 Å². The fourth-order valence-corrected chi connectivity index (χ4v) is 4.64. The first kappa shape index (κ1) is 25.6. The van der Waals surface area contributed by atoms with Crippen molar-refractivity contribution in [1.29, 1.82) is 0 Å². The van der Waals surface area contributed by atoms with Crippen LogP contribution in [0.1, 0.15) is 50.6 Å². The topological polar surface area (TPSA) is 105 Å². The first-order valence-corrected chi connectivity index (χ1v) is 12.3. The number of carbonyl (C=O) groups is 2. The Labute approximate surface area is 210 Å². The second kappa shape index (κ2) is 11.0. The maximum atomic E-state index is 13.4. The number of aromatic nitrogens is 2. The van der Waals surface area contributed by atoms with Gasteiger partial charge in [-0.25, -0.2) is 9.59 Å². The van der Waals surface area contributed by atoms with Crippen LogP contribution in [-0.4, -0.2) is 60.9 Å². The van der Waals surface area contributed by atoms with Gasteiger partial charge in [0.1, 0.15) is 17.0 Å². The van der Waals surface area contributed by atoms with Gasteiger partial charge in [0.15, 0.2) is 0 Å². The van der Waals surface area contributed by atoms with Crippen molar-refractivity contribution in [2.75, 3.05) is 31.8 Å². The highest BCUT2D eigenvalue weighted by atomic mass is 16.6. The minimum absolute atomic E-state index is 0.00377. The molecule has 1 aromatic carbocycles. The highest BCUT2D eigenvalue weighted by Gasteiger charge is 2.38. The lowest BCUT2D eigenvalue weighted by molar-refractivity contribution is 0.00465. The number of hydrogen-bond donors (Lipinski definition) is 0. The van der Waals surface area contributed by atoms with E-state index in [1.807, 2.05) is 26.2 Å². The van der Waals surface area contributed by atoms with Crippen LogP contribution in [0.5, 0.6) is 5.75 Å². The van der Waals surface area contributed by atoms with Gasteiger partial charge in [0, 0.05) is 48.5 Å². The van der Waals surface area contributed by atoms with E-state index in [1.54, 1.807) is 42.8 Å². The minimum Gasteiger partial charge on any atom is -0.496 e. The summed E-state index contributed by atoms with van der Waals surface area (Å²) in [6.45, 7) is 6.37. The Bertz CT molecular complexity index is 1230. The van der Waals surface area contributed by atoms with Crippen molar-refractivity contribution < 1.29 is 33.0 Å². The number of amides is 1. The Balaban J connectivity index is 1.97. The van der Waals surface area contributed by atoms with Crippen molar-refractivity contribution in [3.8, 4) is 16.9 Å². The summed E-state index contributed by atoms with van der Waals surface area (Å²) < 4.78 is 30.0. The Kier molecular flexibility index (Phi) is 7.83. The molecule has 2 aromatic heterocycles. The largest absolute Gasteiger partial charge is 0.496 e. The van der Waals surface area contributed by atoms with Crippen molar-refractivity contribution in [2.24, 2.45) is 7.05 Å². The number of esters is 1. The monoisotopic (exact) mass is 499 g/mol. The minimum atomic E-state index is -0.654. The molecular formula is C26H33N3O7. The van der Waals surface area contributed by atoms with Gasteiger partial charge in [0.25, 0.3) is 0 Å². The van der Waals surface area contributed by atoms with Crippen LogP contribution in [0.2, 0.25) is 0 Å². The molecule has 1 saturated heterocycles. The Morgan fingerprint density at radius 3 is 2.61 bits per heavy atom. The predicted octanol–water partition coefficient (Wildman–Crippen LogP) is 4.94. The van der Waals surface area contributed by atoms with Gasteiger partial charge in [-0.05, 0) is 39.2 Å². The molecule has 0 unspecified atom stereocenters. The average Bonchev–Trinajstić information content (AvgIpc) is 3.47. The first-order valence-electron chi connectivity index (χ1n) is 12.3. The summed E-state index contributed by atoms with van der Waals surface area (Å²) in [7, 11) is 3.39. The van der Waals surface area contributed by atoms with E-state index in [0.29, 0.717) is 41.9 Å². The molecule has 0 saturated carbocycles. The molecule has 36 heavy (non-hydrogen) atoms. The number of carbonyl (C=O) groups excluding carboxylic acids is 2. The number of furan rings is 1. The van der Waals surface area contributed by atoms with Crippen molar-refractivity contribution in [2.45, 2.75) is 52.2 Å². The van der Waals surface area contributed by atoms with Crippen LogP contribution in [0.15, 0.2) is 28.9 Å². The number of ether oxygens (including phenoxy) is 4. The number of benzene rings is 1. The summed E-state index contributed by atoms with van der Waals surface area (Å²) >= 11 is 0. The second-order valence-electron chi connectivity index (χ2n) is 8.60. The SMILES string of the molecule is CCOC(=O)c1oc2cc(OC)c(-c3cnn(C)c3)cc2c1N(C(=O)OCC)[C@H]1CCO[C@@H](CC)C1. The lowest BCUT2D eigenvalue weighted by atomic mass is 9.98. The maximum absolute atomic E-state index is 13.4. The van der Waals surface area contributed by atoms with Crippen LogP contribution < -0.4 is 9.64 Å². The predicted molar refractivity (Wildman–Crippen MR) is 133 cm³/mol. The number of anilines is 1. The van der Waals surface area contributed by atoms with Crippen LogP contribution in [0.25, 0.3) is 22.1 Å². The third-order valence-corrected chi connectivity index (χ3v) is 6.33. The van der Waals surface area contributed by atoms with E-state index in [0.717, 1.165) is 17.5 Å². The first-order chi connectivity index (χ1) is 17.4. The number of fused-ring (bicyclic) bond motifs is 1. The zero-order valence-corrected chi connectivity index (χ0v) is 21.4. The lowest BCUT2D eigenvalue weighted by Crippen LogP contribution is -2.46. The zero-order chi connectivity index (χ0) is 25.8. The molecule has 0 N–H and O–H groups in total. The number of nitrogens with zero attached hydrogens (tertiary/aromatic N) is 3. The van der Waals surface area contributed by atoms with E-state index in [-0.39, 0.29) is 31.1 Å². The van der Waals surface area contributed by atoms with Crippen LogP contribution >= 0.6 is 0 Å². The van der Waals surface area contributed by atoms with Crippen molar-refractivity contribution in [3.63, 3.8) is 0 Å². The van der Waals surface area contributed by atoms with Crippen LogP contribution in [0, 0.1) is 0 Å². The molecule has 194 valence electrons. The summed E-state index contributed by atoms with van der Waals surface area (Å²) in [6.07, 6.45) is 5.05. The average molecular weight is 500 g/mol. The van der Waals surface area contributed by atoms with E-state index >= 15 is 0 Å². The van der Waals surface area contributed by atoms with Gasteiger partial charge in [-0.3, -0.25) is 9.58 Å². The number of aryl methyl sites for hydroxylation is 1. The quantitative estimate of drug-likeness (QED) is 0.401. The maximum Gasteiger partial charge on any atom is 0.414 e. The van der Waals surface area contributed by atoms with Gasteiger partial charge in [-0.2, -0.15) is 5.10 Å². The summed E-state index contributed by atoms with van der Waals surface area (Å²) in [4.78, 5) is 28.0. The van der Waals surface area contributed by atoms with Gasteiger partial charge in [0.2, 0.25) is 5.76 Å². The molecule has 1 amide bonds. The molecule has 0 bridgehead atoms. The molecule has 0 aliphatic carbocycles. The molecule has 0 spiro atoms. The molecule has 1 aliphatic heterocycles. The summed E-state index contributed by atoms with van der Waals surface area (Å²) in [5.41, 5.74) is 2.29. The summed E-state index contributed by atoms with van der Waals surface area (Å²) in [5.74, 6) is -0.158. The van der Waals surface area contributed by atoms with Gasteiger partial charge >= 0.3 is 12.1 Å². The molecule has 2 atom stereocenters. The van der Waals surface area contributed by atoms with E-state index in [4.69, 9.17) is 23.4 Å². The molecule has 0 radical (unpaired) electrons. The molecule has 1 aliphatic rings. The molecule has 3 heterocycles. The molecule has 10 heteroatoms. The lowest BCUT2D eigenvalue weighted by Gasteiger charge is -2.36. The smallest absolute Gasteiger partial charge is 0.414 e. The Hall–Kier alpha value is -3.53. The molecule has 4 rings (SSSR count). The second-order valence-corrected chi connectivity index (χ2v) is 8.60. The fraction of sp³-hybridized carbons (Fsp3) is 0.500. The highest BCUT2D eigenvalue weighted by Crippen LogP contribution is 2.43. The van der Waals surface area contributed by atoms with Crippen molar-refractivity contribution in [3.05, 3.63) is 30.3 Å². The number of methoxy groups -OCH3 is 1. The standard InChI is InChI=1S/C26H33N3O7/c1-6-18-11-17(9-10-35-18)29(26(31)34-8-3)23-20-12-19(16-14-27-28(4)15-16)21(32-5)13-22(20)36-24(23)25(30)33-7-2/h12-15,17-18H,6-11H2,1-5H3/t17-,18-/m0/s1. The molecule has 1 fully saturated rings.